The number of carbonyl (C=O) groups is 2. The molecule has 10 heteroatoms. The van der Waals surface area contributed by atoms with Crippen LogP contribution in [0.1, 0.15) is 12.5 Å². The highest BCUT2D eigenvalue weighted by Crippen LogP contribution is 2.30. The molecule has 0 saturated carbocycles. The Bertz CT molecular complexity index is 937. The maximum Gasteiger partial charge on any atom is 0.311 e. The Morgan fingerprint density at radius 2 is 1.97 bits per heavy atom. The van der Waals surface area contributed by atoms with Crippen LogP contribution in [0.25, 0.3) is 0 Å². The fourth-order valence-electron chi connectivity index (χ4n) is 2.73. The third kappa shape index (κ3) is 5.60. The predicted octanol–water partition coefficient (Wildman–Crippen LogP) is 2.80. The van der Waals surface area contributed by atoms with Gasteiger partial charge in [0.25, 0.3) is 5.91 Å². The summed E-state index contributed by atoms with van der Waals surface area (Å²) >= 11 is 6.20. The molecule has 0 aliphatic heterocycles. The maximum absolute atomic E-state index is 12.9. The highest BCUT2D eigenvalue weighted by Gasteiger charge is 2.26. The minimum absolute atomic E-state index is 0.0107. The molecular formula is C20H22ClN3O6. The van der Waals surface area contributed by atoms with E-state index in [2.05, 4.69) is 5.32 Å². The maximum atomic E-state index is 12.9. The molecule has 0 bridgehead atoms. The number of nitro benzene ring substituents is 1. The second-order valence-electron chi connectivity index (χ2n) is 6.28. The molecule has 0 aliphatic carbocycles. The molecule has 2 amide bonds. The van der Waals surface area contributed by atoms with Gasteiger partial charge in [-0.3, -0.25) is 19.7 Å². The number of benzene rings is 2. The van der Waals surface area contributed by atoms with Gasteiger partial charge in [-0.1, -0.05) is 29.8 Å². The van der Waals surface area contributed by atoms with Crippen molar-refractivity contribution in [2.45, 2.75) is 19.5 Å². The second-order valence-corrected chi connectivity index (χ2v) is 6.69. The quantitative estimate of drug-likeness (QED) is 0.479. The first kappa shape index (κ1) is 23.0. The number of hydrogen-bond donors (Lipinski definition) is 1. The summed E-state index contributed by atoms with van der Waals surface area (Å²) in [5.74, 6) is -0.566. The summed E-state index contributed by atoms with van der Waals surface area (Å²) in [7, 11) is 2.78. The van der Waals surface area contributed by atoms with Gasteiger partial charge in [-0.2, -0.15) is 0 Å². The summed E-state index contributed by atoms with van der Waals surface area (Å²) in [4.78, 5) is 36.8. The summed E-state index contributed by atoms with van der Waals surface area (Å²) in [5.41, 5.74) is 0.463. The summed E-state index contributed by atoms with van der Waals surface area (Å²) in [6.07, 6.45) is 0. The number of amides is 2. The van der Waals surface area contributed by atoms with Crippen molar-refractivity contribution in [2.24, 2.45) is 0 Å². The molecule has 1 atom stereocenters. The van der Waals surface area contributed by atoms with E-state index in [9.17, 15) is 19.7 Å². The molecule has 0 saturated heterocycles. The molecule has 9 nitrogen and oxygen atoms in total. The molecule has 0 spiro atoms. The minimum atomic E-state index is -0.770. The Balaban J connectivity index is 2.19. The fourth-order valence-corrected chi connectivity index (χ4v) is 2.92. The molecule has 0 unspecified atom stereocenters. The standard InChI is InChI=1S/C20H22ClN3O6/c1-13(20(26)22-2)23(11-14-6-4-5-7-16(14)21)19(25)12-30-15-8-9-17(24(27)28)18(10-15)29-3/h4-10,13H,11-12H2,1-3H3,(H,22,26)/t13-/m0/s1. The van der Waals surface area contributed by atoms with Gasteiger partial charge in [-0.25, -0.2) is 0 Å². The van der Waals surface area contributed by atoms with E-state index in [1.54, 1.807) is 31.2 Å². The van der Waals surface area contributed by atoms with Crippen molar-refractivity contribution in [1.82, 2.24) is 10.2 Å². The van der Waals surface area contributed by atoms with Gasteiger partial charge in [-0.05, 0) is 24.6 Å². The van der Waals surface area contributed by atoms with E-state index in [-0.39, 0.29) is 36.2 Å². The number of rotatable bonds is 9. The number of hydrogen-bond acceptors (Lipinski definition) is 6. The summed E-state index contributed by atoms with van der Waals surface area (Å²) in [6.45, 7) is 1.33. The van der Waals surface area contributed by atoms with Crippen molar-refractivity contribution >= 4 is 29.1 Å². The SMILES string of the molecule is CNC(=O)[C@H](C)N(Cc1ccccc1Cl)C(=O)COc1ccc([N+](=O)[O-])c(OC)c1. The Hall–Kier alpha value is -3.33. The van der Waals surface area contributed by atoms with Crippen molar-refractivity contribution in [3.05, 3.63) is 63.2 Å². The van der Waals surface area contributed by atoms with E-state index in [4.69, 9.17) is 21.1 Å². The van der Waals surface area contributed by atoms with Crippen molar-refractivity contribution in [3.63, 3.8) is 0 Å². The van der Waals surface area contributed by atoms with Gasteiger partial charge < -0.3 is 19.7 Å². The molecule has 30 heavy (non-hydrogen) atoms. The molecule has 160 valence electrons. The van der Waals surface area contributed by atoms with Crippen LogP contribution in [0.5, 0.6) is 11.5 Å². The second kappa shape index (κ2) is 10.4. The van der Waals surface area contributed by atoms with Gasteiger partial charge in [0.2, 0.25) is 11.7 Å². The van der Waals surface area contributed by atoms with E-state index in [1.807, 2.05) is 0 Å². The zero-order valence-electron chi connectivity index (χ0n) is 16.8. The lowest BCUT2D eigenvalue weighted by atomic mass is 10.1. The van der Waals surface area contributed by atoms with E-state index in [0.717, 1.165) is 0 Å². The van der Waals surface area contributed by atoms with Crippen LogP contribution in [0.15, 0.2) is 42.5 Å². The summed E-state index contributed by atoms with van der Waals surface area (Å²) in [5, 5.41) is 14.0. The van der Waals surface area contributed by atoms with Gasteiger partial charge in [-0.15, -0.1) is 0 Å². The Kier molecular flexibility index (Phi) is 7.99. The first-order valence-corrected chi connectivity index (χ1v) is 9.36. The van der Waals surface area contributed by atoms with Crippen LogP contribution >= 0.6 is 11.6 Å². The molecule has 2 rings (SSSR count). The molecule has 2 aromatic rings. The molecule has 0 aliphatic rings. The number of methoxy groups -OCH3 is 1. The van der Waals surface area contributed by atoms with E-state index in [0.29, 0.717) is 10.6 Å². The van der Waals surface area contributed by atoms with Crippen LogP contribution in [0.4, 0.5) is 5.69 Å². The number of likely N-dealkylation sites (N-methyl/N-ethyl adjacent to an activating group) is 1. The largest absolute Gasteiger partial charge is 0.490 e. The van der Waals surface area contributed by atoms with Crippen LogP contribution in [0.2, 0.25) is 5.02 Å². The van der Waals surface area contributed by atoms with Crippen LogP contribution in [0.3, 0.4) is 0 Å². The number of halogens is 1. The Morgan fingerprint density at radius 3 is 2.57 bits per heavy atom. The molecule has 0 aromatic heterocycles. The fraction of sp³-hybridized carbons (Fsp3) is 0.300. The van der Waals surface area contributed by atoms with Crippen molar-refractivity contribution < 1.29 is 24.0 Å². The van der Waals surface area contributed by atoms with E-state index >= 15 is 0 Å². The molecule has 0 radical (unpaired) electrons. The van der Waals surface area contributed by atoms with Gasteiger partial charge in [0.15, 0.2) is 6.61 Å². The molecule has 1 N–H and O–H groups in total. The highest BCUT2D eigenvalue weighted by molar-refractivity contribution is 6.31. The number of carbonyl (C=O) groups excluding carboxylic acids is 2. The zero-order valence-corrected chi connectivity index (χ0v) is 17.5. The summed E-state index contributed by atoms with van der Waals surface area (Å²) in [6, 6.07) is 10.2. The van der Waals surface area contributed by atoms with Crippen LogP contribution in [-0.4, -0.2) is 48.4 Å². The first-order chi connectivity index (χ1) is 14.3. The Morgan fingerprint density at radius 1 is 1.27 bits per heavy atom. The highest BCUT2D eigenvalue weighted by atomic mass is 35.5. The first-order valence-electron chi connectivity index (χ1n) is 8.98. The van der Waals surface area contributed by atoms with Crippen LogP contribution in [0, 0.1) is 10.1 Å². The lowest BCUT2D eigenvalue weighted by Gasteiger charge is -2.28. The third-order valence-corrected chi connectivity index (χ3v) is 4.79. The smallest absolute Gasteiger partial charge is 0.311 e. The van der Waals surface area contributed by atoms with Gasteiger partial charge >= 0.3 is 5.69 Å². The summed E-state index contributed by atoms with van der Waals surface area (Å²) < 4.78 is 10.5. The molecule has 0 heterocycles. The normalized spacial score (nSPS) is 11.3. The van der Waals surface area contributed by atoms with Gasteiger partial charge in [0.05, 0.1) is 12.0 Å². The molecule has 0 fully saturated rings. The predicted molar refractivity (Wildman–Crippen MR) is 111 cm³/mol. The molecule has 2 aromatic carbocycles. The average molecular weight is 436 g/mol. The number of nitro groups is 1. The van der Waals surface area contributed by atoms with E-state index < -0.39 is 16.9 Å². The molecular weight excluding hydrogens is 414 g/mol. The van der Waals surface area contributed by atoms with Crippen LogP contribution in [-0.2, 0) is 16.1 Å². The number of ether oxygens (including phenoxy) is 2. The lowest BCUT2D eigenvalue weighted by Crippen LogP contribution is -2.48. The number of nitrogens with zero attached hydrogens (tertiary/aromatic N) is 2. The minimum Gasteiger partial charge on any atom is -0.490 e. The number of nitrogens with one attached hydrogen (secondary N) is 1. The van der Waals surface area contributed by atoms with E-state index in [1.165, 1.54) is 37.3 Å². The zero-order chi connectivity index (χ0) is 22.3. The monoisotopic (exact) mass is 435 g/mol. The third-order valence-electron chi connectivity index (χ3n) is 4.42. The lowest BCUT2D eigenvalue weighted by molar-refractivity contribution is -0.385. The van der Waals surface area contributed by atoms with Gasteiger partial charge in [0.1, 0.15) is 11.8 Å². The Labute approximate surface area is 178 Å². The van der Waals surface area contributed by atoms with Crippen molar-refractivity contribution in [3.8, 4) is 11.5 Å². The average Bonchev–Trinajstić information content (AvgIpc) is 2.75. The topological polar surface area (TPSA) is 111 Å². The van der Waals surface area contributed by atoms with Gasteiger partial charge in [0, 0.05) is 30.7 Å². The van der Waals surface area contributed by atoms with Crippen molar-refractivity contribution in [2.75, 3.05) is 20.8 Å². The van der Waals surface area contributed by atoms with Crippen molar-refractivity contribution in [1.29, 1.82) is 0 Å². The van der Waals surface area contributed by atoms with Crippen LogP contribution < -0.4 is 14.8 Å².